The van der Waals surface area contributed by atoms with Crippen LogP contribution < -0.4 is 15.4 Å². The second-order valence-corrected chi connectivity index (χ2v) is 10.3. The zero-order valence-electron chi connectivity index (χ0n) is 22.0. The molecule has 3 aliphatic rings. The average Bonchev–Trinajstić information content (AvgIpc) is 3.13. The Morgan fingerprint density at radius 3 is 2.73 bits per heavy atom. The lowest BCUT2D eigenvalue weighted by Gasteiger charge is -2.27. The summed E-state index contributed by atoms with van der Waals surface area (Å²) in [6.45, 7) is 3.31. The minimum absolute atomic E-state index is 0.0265. The Hall–Kier alpha value is -4.08. The van der Waals surface area contributed by atoms with Gasteiger partial charge in [0, 0.05) is 60.1 Å². The second kappa shape index (κ2) is 11.2. The lowest BCUT2D eigenvalue weighted by molar-refractivity contribution is 0.0736. The van der Waals surface area contributed by atoms with Crippen LogP contribution in [0.2, 0.25) is 0 Å². The summed E-state index contributed by atoms with van der Waals surface area (Å²) in [4.78, 5) is 28.9. The fourth-order valence-corrected chi connectivity index (χ4v) is 5.54. The number of rotatable bonds is 5. The Morgan fingerprint density at radius 2 is 1.95 bits per heavy atom. The standard InChI is InChI=1S/C30H28ClFN6O2/c1-40-25-4-2-3-24(32)26(25)28-23-15-20(31)7-10-22(23)27-19(16-34-28)17-35-30(37-27)36-21-8-5-18(6-9-21)29(39)38-13-11-33-12-14-38/h2-10,17,23,33H,11-16H2,1H3,(H,35,36,37). The zero-order chi connectivity index (χ0) is 27.6. The minimum Gasteiger partial charge on any atom is -0.496 e. The van der Waals surface area contributed by atoms with Crippen LogP contribution in [0.1, 0.15) is 33.6 Å². The van der Waals surface area contributed by atoms with Gasteiger partial charge in [0.15, 0.2) is 0 Å². The van der Waals surface area contributed by atoms with Gasteiger partial charge in [0.05, 0.1) is 30.6 Å². The molecule has 3 heterocycles. The number of nitrogens with one attached hydrogen (secondary N) is 2. The monoisotopic (exact) mass is 558 g/mol. The predicted molar refractivity (Wildman–Crippen MR) is 154 cm³/mol. The Morgan fingerprint density at radius 1 is 1.15 bits per heavy atom. The number of piperazine rings is 1. The molecule has 0 bridgehead atoms. The predicted octanol–water partition coefficient (Wildman–Crippen LogP) is 4.94. The number of amides is 1. The first-order valence-corrected chi connectivity index (χ1v) is 13.6. The maximum atomic E-state index is 15.1. The van der Waals surface area contributed by atoms with Crippen molar-refractivity contribution >= 4 is 40.4 Å². The van der Waals surface area contributed by atoms with Gasteiger partial charge < -0.3 is 20.3 Å². The van der Waals surface area contributed by atoms with E-state index >= 15 is 4.39 Å². The van der Waals surface area contributed by atoms with Crippen LogP contribution in [-0.2, 0) is 6.54 Å². The van der Waals surface area contributed by atoms with E-state index in [1.807, 2.05) is 41.3 Å². The van der Waals surface area contributed by atoms with Crippen molar-refractivity contribution in [2.45, 2.75) is 13.0 Å². The van der Waals surface area contributed by atoms with Crippen molar-refractivity contribution in [2.24, 2.45) is 10.9 Å². The summed E-state index contributed by atoms with van der Waals surface area (Å²) in [5.74, 6) is 0.150. The molecule has 1 saturated heterocycles. The Bertz CT molecular complexity index is 1550. The first-order chi connectivity index (χ1) is 19.5. The maximum absolute atomic E-state index is 15.1. The summed E-state index contributed by atoms with van der Waals surface area (Å²) in [6.07, 6.45) is 5.99. The summed E-state index contributed by atoms with van der Waals surface area (Å²) < 4.78 is 20.6. The first-order valence-electron chi connectivity index (χ1n) is 13.2. The van der Waals surface area contributed by atoms with E-state index in [0.717, 1.165) is 35.6 Å². The molecule has 1 aliphatic carbocycles. The van der Waals surface area contributed by atoms with Gasteiger partial charge in [0.2, 0.25) is 5.95 Å². The highest BCUT2D eigenvalue weighted by Gasteiger charge is 2.33. The molecule has 40 heavy (non-hydrogen) atoms. The molecule has 1 fully saturated rings. The number of carbonyl (C=O) groups excluding carboxylic acids is 1. The van der Waals surface area contributed by atoms with E-state index in [2.05, 4.69) is 15.6 Å². The van der Waals surface area contributed by atoms with Crippen molar-refractivity contribution in [2.75, 3.05) is 38.6 Å². The van der Waals surface area contributed by atoms with Gasteiger partial charge >= 0.3 is 0 Å². The number of methoxy groups -OCH3 is 1. The van der Waals surface area contributed by atoms with Crippen LogP contribution in [0.5, 0.6) is 5.75 Å². The number of anilines is 2. The van der Waals surface area contributed by atoms with Gasteiger partial charge in [0.1, 0.15) is 11.6 Å². The average molecular weight is 559 g/mol. The number of allylic oxidation sites excluding steroid dienone is 4. The Labute approximate surface area is 236 Å². The highest BCUT2D eigenvalue weighted by atomic mass is 35.5. The highest BCUT2D eigenvalue weighted by Crippen LogP contribution is 2.41. The van der Waals surface area contributed by atoms with E-state index in [9.17, 15) is 4.79 Å². The van der Waals surface area contributed by atoms with Crippen LogP contribution in [0, 0.1) is 11.7 Å². The van der Waals surface area contributed by atoms with Crippen molar-refractivity contribution in [3.8, 4) is 5.75 Å². The summed E-state index contributed by atoms with van der Waals surface area (Å²) in [7, 11) is 1.52. The maximum Gasteiger partial charge on any atom is 0.253 e. The number of carbonyl (C=O) groups is 1. The molecule has 0 spiro atoms. The van der Waals surface area contributed by atoms with Crippen molar-refractivity contribution in [1.29, 1.82) is 0 Å². The molecule has 0 radical (unpaired) electrons. The van der Waals surface area contributed by atoms with E-state index in [0.29, 0.717) is 53.1 Å². The van der Waals surface area contributed by atoms with Crippen molar-refractivity contribution in [1.82, 2.24) is 20.2 Å². The van der Waals surface area contributed by atoms with E-state index in [1.54, 1.807) is 18.3 Å². The van der Waals surface area contributed by atoms with E-state index in [4.69, 9.17) is 26.3 Å². The third kappa shape index (κ3) is 5.10. The lowest BCUT2D eigenvalue weighted by Crippen LogP contribution is -2.46. The van der Waals surface area contributed by atoms with Crippen LogP contribution in [0.25, 0.3) is 5.57 Å². The van der Waals surface area contributed by atoms with Crippen LogP contribution in [-0.4, -0.2) is 59.8 Å². The van der Waals surface area contributed by atoms with Gasteiger partial charge in [-0.3, -0.25) is 9.79 Å². The molecule has 2 aromatic carbocycles. The molecule has 1 amide bonds. The summed E-state index contributed by atoms with van der Waals surface area (Å²) in [6, 6.07) is 12.1. The number of benzene rings is 2. The largest absolute Gasteiger partial charge is 0.496 e. The number of halogens is 2. The molecular weight excluding hydrogens is 531 g/mol. The number of nitrogens with zero attached hydrogens (tertiary/aromatic N) is 4. The molecule has 10 heteroatoms. The molecule has 8 nitrogen and oxygen atoms in total. The van der Waals surface area contributed by atoms with Crippen molar-refractivity contribution in [3.63, 3.8) is 0 Å². The molecule has 2 aliphatic heterocycles. The highest BCUT2D eigenvalue weighted by molar-refractivity contribution is 6.30. The number of hydrogen-bond acceptors (Lipinski definition) is 7. The molecule has 6 rings (SSSR count). The van der Waals surface area contributed by atoms with Gasteiger partial charge in [0.25, 0.3) is 5.91 Å². The Kier molecular flexibility index (Phi) is 7.32. The summed E-state index contributed by atoms with van der Waals surface area (Å²) in [5, 5.41) is 7.17. The number of hydrogen-bond donors (Lipinski definition) is 2. The van der Waals surface area contributed by atoms with E-state index in [1.165, 1.54) is 13.2 Å². The van der Waals surface area contributed by atoms with Gasteiger partial charge in [-0.1, -0.05) is 23.7 Å². The van der Waals surface area contributed by atoms with Crippen molar-refractivity contribution in [3.05, 3.63) is 94.0 Å². The van der Waals surface area contributed by atoms with Crippen LogP contribution >= 0.6 is 11.6 Å². The molecular formula is C30H28ClFN6O2. The van der Waals surface area contributed by atoms with Gasteiger partial charge in [-0.05, 0) is 54.5 Å². The van der Waals surface area contributed by atoms with Gasteiger partial charge in [-0.25, -0.2) is 14.4 Å². The van der Waals surface area contributed by atoms with Crippen LogP contribution in [0.3, 0.4) is 0 Å². The van der Waals surface area contributed by atoms with E-state index in [-0.39, 0.29) is 18.4 Å². The second-order valence-electron chi connectivity index (χ2n) is 9.82. The molecule has 1 unspecified atom stereocenters. The van der Waals surface area contributed by atoms with Gasteiger partial charge in [-0.2, -0.15) is 0 Å². The number of fused-ring (bicyclic) bond motifs is 3. The first kappa shape index (κ1) is 26.2. The van der Waals surface area contributed by atoms with Crippen molar-refractivity contribution < 1.29 is 13.9 Å². The molecule has 3 aromatic rings. The zero-order valence-corrected chi connectivity index (χ0v) is 22.7. The fourth-order valence-electron chi connectivity index (χ4n) is 5.32. The van der Waals surface area contributed by atoms with E-state index < -0.39 is 5.82 Å². The molecule has 0 saturated carbocycles. The SMILES string of the molecule is COc1cccc(F)c1C1=NCc2cnc(Nc3ccc(C(=O)N4CCNCC4)cc3)nc2C2=CC=C(Cl)CC21. The molecule has 204 valence electrons. The normalized spacial score (nSPS) is 18.4. The smallest absolute Gasteiger partial charge is 0.253 e. The third-order valence-electron chi connectivity index (χ3n) is 7.35. The number of aliphatic imine (C=N–C) groups is 1. The topological polar surface area (TPSA) is 91.7 Å². The summed E-state index contributed by atoms with van der Waals surface area (Å²) in [5.41, 5.74) is 4.77. The molecule has 1 aromatic heterocycles. The number of ether oxygens (including phenoxy) is 1. The Balaban J connectivity index is 1.28. The molecule has 1 atom stereocenters. The van der Waals surface area contributed by atoms with Crippen LogP contribution in [0.15, 0.2) is 70.8 Å². The quantitative estimate of drug-likeness (QED) is 0.461. The van der Waals surface area contributed by atoms with Crippen LogP contribution in [0.4, 0.5) is 16.0 Å². The number of aromatic nitrogens is 2. The third-order valence-corrected chi connectivity index (χ3v) is 7.63. The fraction of sp³-hybridized carbons (Fsp3) is 0.267. The summed E-state index contributed by atoms with van der Waals surface area (Å²) >= 11 is 6.47. The lowest BCUT2D eigenvalue weighted by atomic mass is 9.82. The van der Waals surface area contributed by atoms with Gasteiger partial charge in [-0.15, -0.1) is 0 Å². The molecule has 2 N–H and O–H groups in total. The minimum atomic E-state index is -0.401.